The molecule has 154 valence electrons. The first-order valence-electron chi connectivity index (χ1n) is 10.4. The highest BCUT2D eigenvalue weighted by Gasteiger charge is 2.38. The summed E-state index contributed by atoms with van der Waals surface area (Å²) in [6.45, 7) is 4.31. The zero-order valence-electron chi connectivity index (χ0n) is 16.9. The Kier molecular flexibility index (Phi) is 15.4. The predicted octanol–water partition coefficient (Wildman–Crippen LogP) is 3.40. The quantitative estimate of drug-likeness (QED) is 0.206. The Labute approximate surface area is 159 Å². The Hall–Kier alpha value is -1.14. The molecule has 0 aromatic rings. The van der Waals surface area contributed by atoms with E-state index in [2.05, 4.69) is 19.2 Å². The van der Waals surface area contributed by atoms with E-state index < -0.39 is 17.6 Å². The van der Waals surface area contributed by atoms with Gasteiger partial charge in [0, 0.05) is 6.42 Å². The van der Waals surface area contributed by atoms with E-state index in [1.54, 1.807) is 0 Å². The number of carbonyl (C=O) groups excluding carboxylic acids is 2. The lowest BCUT2D eigenvalue weighted by atomic mass is 10.0. The van der Waals surface area contributed by atoms with Gasteiger partial charge >= 0.3 is 5.97 Å². The van der Waals surface area contributed by atoms with Gasteiger partial charge in [-0.1, -0.05) is 78.1 Å². The number of ether oxygens (including phenoxy) is 1. The number of nitrogens with one attached hydrogen (secondary N) is 1. The van der Waals surface area contributed by atoms with Crippen LogP contribution in [0.25, 0.3) is 0 Å². The summed E-state index contributed by atoms with van der Waals surface area (Å²) in [5.74, 6) is -1.34. The minimum absolute atomic E-state index is 0.153. The van der Waals surface area contributed by atoms with Crippen LogP contribution in [-0.4, -0.2) is 35.9 Å². The van der Waals surface area contributed by atoms with Crippen LogP contribution in [0.15, 0.2) is 0 Å². The summed E-state index contributed by atoms with van der Waals surface area (Å²) in [6, 6.07) is 0. The summed E-state index contributed by atoms with van der Waals surface area (Å²) < 4.78 is 5.21. The predicted molar refractivity (Wildman–Crippen MR) is 104 cm³/mol. The average molecular weight is 373 g/mol. The monoisotopic (exact) mass is 372 g/mol. The van der Waals surface area contributed by atoms with Gasteiger partial charge in [0.2, 0.25) is 11.6 Å². The smallest absolute Gasteiger partial charge is 0.359 e. The first-order valence-corrected chi connectivity index (χ1v) is 10.4. The maximum Gasteiger partial charge on any atom is 0.359 e. The number of nitrogens with two attached hydrogens (primary N) is 1. The molecule has 0 bridgehead atoms. The van der Waals surface area contributed by atoms with Crippen molar-refractivity contribution < 1.29 is 19.4 Å². The van der Waals surface area contributed by atoms with Gasteiger partial charge in [-0.25, -0.2) is 4.79 Å². The molecule has 1 unspecified atom stereocenters. The van der Waals surface area contributed by atoms with E-state index in [-0.39, 0.29) is 19.6 Å². The number of amides is 1. The van der Waals surface area contributed by atoms with Gasteiger partial charge in [-0.3, -0.25) is 4.79 Å². The van der Waals surface area contributed by atoms with Crippen LogP contribution in [0.2, 0.25) is 0 Å². The highest BCUT2D eigenvalue weighted by atomic mass is 16.6. The van der Waals surface area contributed by atoms with Crippen LogP contribution >= 0.6 is 0 Å². The Balaban J connectivity index is 4.27. The summed E-state index contributed by atoms with van der Waals surface area (Å²) in [6.07, 6.45) is 12.8. The van der Waals surface area contributed by atoms with E-state index in [9.17, 15) is 14.7 Å². The molecular formula is C20H40N2O4. The van der Waals surface area contributed by atoms with Crippen molar-refractivity contribution in [1.82, 2.24) is 5.32 Å². The van der Waals surface area contributed by atoms with Gasteiger partial charge < -0.3 is 20.9 Å². The third kappa shape index (κ3) is 12.3. The second kappa shape index (κ2) is 16.1. The van der Waals surface area contributed by atoms with E-state index in [1.165, 1.54) is 32.1 Å². The van der Waals surface area contributed by atoms with Crippen molar-refractivity contribution in [1.29, 1.82) is 0 Å². The van der Waals surface area contributed by atoms with Gasteiger partial charge in [0.1, 0.15) is 0 Å². The summed E-state index contributed by atoms with van der Waals surface area (Å²) in [7, 11) is 0. The minimum Gasteiger partial charge on any atom is -0.462 e. The molecule has 0 fully saturated rings. The van der Waals surface area contributed by atoms with Gasteiger partial charge in [-0.15, -0.1) is 0 Å². The maximum absolute atomic E-state index is 12.3. The summed E-state index contributed by atoms with van der Waals surface area (Å²) in [5.41, 5.74) is 3.32. The minimum atomic E-state index is -1.97. The van der Waals surface area contributed by atoms with E-state index in [0.29, 0.717) is 6.42 Å². The largest absolute Gasteiger partial charge is 0.462 e. The lowest BCUT2D eigenvalue weighted by Crippen LogP contribution is -2.56. The molecule has 0 heterocycles. The van der Waals surface area contributed by atoms with Crippen molar-refractivity contribution in [2.75, 3.05) is 13.2 Å². The number of aliphatic hydroxyl groups is 1. The standard InChI is InChI=1S/C20H40N2O4/c1-3-5-7-9-11-13-15-20(25,22-18(23)17-21)19(24)26-16-14-12-10-8-6-4-2/h25H,3-17,21H2,1-2H3,(H,22,23). The molecule has 26 heavy (non-hydrogen) atoms. The SMILES string of the molecule is CCCCCCCCOC(=O)C(O)(CCCCCCCC)NC(=O)CN. The molecule has 0 radical (unpaired) electrons. The summed E-state index contributed by atoms with van der Waals surface area (Å²) >= 11 is 0. The van der Waals surface area contributed by atoms with Gasteiger partial charge in [0.15, 0.2) is 0 Å². The molecule has 0 aromatic heterocycles. The van der Waals surface area contributed by atoms with Crippen molar-refractivity contribution in [3.05, 3.63) is 0 Å². The summed E-state index contributed by atoms with van der Waals surface area (Å²) in [4.78, 5) is 23.9. The van der Waals surface area contributed by atoms with Crippen molar-refractivity contribution in [2.24, 2.45) is 5.73 Å². The second-order valence-electron chi connectivity index (χ2n) is 7.03. The third-order valence-electron chi connectivity index (χ3n) is 4.49. The normalized spacial score (nSPS) is 13.2. The third-order valence-corrected chi connectivity index (χ3v) is 4.49. The number of rotatable bonds is 17. The van der Waals surface area contributed by atoms with Crippen LogP contribution in [-0.2, 0) is 14.3 Å². The van der Waals surface area contributed by atoms with Gasteiger partial charge in [-0.2, -0.15) is 0 Å². The fourth-order valence-electron chi connectivity index (χ4n) is 2.83. The van der Waals surface area contributed by atoms with Crippen LogP contribution in [0.1, 0.15) is 97.3 Å². The Morgan fingerprint density at radius 2 is 1.38 bits per heavy atom. The average Bonchev–Trinajstić information content (AvgIpc) is 2.63. The maximum atomic E-state index is 12.3. The fraction of sp³-hybridized carbons (Fsp3) is 0.900. The number of hydrogen-bond acceptors (Lipinski definition) is 5. The second-order valence-corrected chi connectivity index (χ2v) is 7.03. The Morgan fingerprint density at radius 1 is 0.885 bits per heavy atom. The lowest BCUT2D eigenvalue weighted by molar-refractivity contribution is -0.173. The van der Waals surface area contributed by atoms with E-state index in [0.717, 1.165) is 38.5 Å². The van der Waals surface area contributed by atoms with Crippen LogP contribution in [0, 0.1) is 0 Å². The fourth-order valence-corrected chi connectivity index (χ4v) is 2.83. The topological polar surface area (TPSA) is 102 Å². The highest BCUT2D eigenvalue weighted by Crippen LogP contribution is 2.16. The van der Waals surface area contributed by atoms with Crippen LogP contribution in [0.4, 0.5) is 0 Å². The van der Waals surface area contributed by atoms with Crippen molar-refractivity contribution in [3.8, 4) is 0 Å². The molecule has 0 saturated heterocycles. The number of esters is 1. The zero-order chi connectivity index (χ0) is 19.7. The van der Waals surface area contributed by atoms with Gasteiger partial charge in [0.05, 0.1) is 13.2 Å². The molecule has 0 saturated carbocycles. The molecule has 0 rings (SSSR count). The van der Waals surface area contributed by atoms with Crippen molar-refractivity contribution in [3.63, 3.8) is 0 Å². The van der Waals surface area contributed by atoms with Crippen molar-refractivity contribution >= 4 is 11.9 Å². The Bertz CT molecular complexity index is 377. The molecule has 0 aliphatic carbocycles. The van der Waals surface area contributed by atoms with Gasteiger partial charge in [0.25, 0.3) is 0 Å². The lowest BCUT2D eigenvalue weighted by Gasteiger charge is -2.27. The number of hydrogen-bond donors (Lipinski definition) is 3. The molecular weight excluding hydrogens is 332 g/mol. The molecule has 6 nitrogen and oxygen atoms in total. The molecule has 0 aliphatic heterocycles. The molecule has 0 aliphatic rings. The van der Waals surface area contributed by atoms with E-state index >= 15 is 0 Å². The number of carbonyl (C=O) groups is 2. The van der Waals surface area contributed by atoms with Gasteiger partial charge in [-0.05, 0) is 12.8 Å². The molecule has 6 heteroatoms. The zero-order valence-corrected chi connectivity index (χ0v) is 16.9. The van der Waals surface area contributed by atoms with Crippen LogP contribution in [0.3, 0.4) is 0 Å². The summed E-state index contributed by atoms with van der Waals surface area (Å²) in [5, 5.41) is 12.9. The molecule has 0 spiro atoms. The molecule has 1 atom stereocenters. The first kappa shape index (κ1) is 24.9. The molecule has 4 N–H and O–H groups in total. The van der Waals surface area contributed by atoms with E-state index in [4.69, 9.17) is 10.5 Å². The first-order chi connectivity index (χ1) is 12.5. The van der Waals surface area contributed by atoms with Crippen LogP contribution < -0.4 is 11.1 Å². The number of unbranched alkanes of at least 4 members (excludes halogenated alkanes) is 10. The van der Waals surface area contributed by atoms with E-state index in [1.807, 2.05) is 0 Å². The molecule has 0 aromatic carbocycles. The molecule has 1 amide bonds. The van der Waals surface area contributed by atoms with Crippen molar-refractivity contribution in [2.45, 2.75) is 103 Å². The Morgan fingerprint density at radius 3 is 1.92 bits per heavy atom. The highest BCUT2D eigenvalue weighted by molar-refractivity contribution is 5.87. The van der Waals surface area contributed by atoms with Crippen LogP contribution in [0.5, 0.6) is 0 Å².